The van der Waals surface area contributed by atoms with E-state index in [2.05, 4.69) is 11.9 Å². The van der Waals surface area contributed by atoms with Gasteiger partial charge in [0.2, 0.25) is 0 Å². The van der Waals surface area contributed by atoms with E-state index >= 15 is 0 Å². The molecule has 1 aliphatic rings. The average molecular weight is 373 g/mol. The number of aryl methyl sites for hydroxylation is 1. The third-order valence-corrected chi connectivity index (χ3v) is 6.77. The highest BCUT2D eigenvalue weighted by molar-refractivity contribution is 7.98. The van der Waals surface area contributed by atoms with Crippen molar-refractivity contribution in [3.63, 3.8) is 0 Å². The van der Waals surface area contributed by atoms with E-state index in [1.807, 2.05) is 24.3 Å². The molecule has 6 heteroatoms. The minimum atomic E-state index is -0.000389. The molecule has 0 amide bonds. The topological polar surface area (TPSA) is 55.0 Å². The third kappa shape index (κ3) is 3.20. The van der Waals surface area contributed by atoms with Crippen molar-refractivity contribution in [3.05, 3.63) is 50.6 Å². The second-order valence-corrected chi connectivity index (χ2v) is 8.55. The van der Waals surface area contributed by atoms with Crippen LogP contribution in [-0.2, 0) is 18.6 Å². The van der Waals surface area contributed by atoms with Crippen LogP contribution in [0, 0.1) is 5.92 Å². The van der Waals surface area contributed by atoms with Crippen molar-refractivity contribution >= 4 is 33.3 Å². The Labute approximate surface area is 154 Å². The summed E-state index contributed by atoms with van der Waals surface area (Å²) in [5.74, 6) is 2.26. The number of ether oxygens (including phenoxy) is 1. The van der Waals surface area contributed by atoms with Gasteiger partial charge in [-0.3, -0.25) is 4.79 Å². The highest BCUT2D eigenvalue weighted by atomic mass is 32.2. The van der Waals surface area contributed by atoms with Gasteiger partial charge in [-0.2, -0.15) is 0 Å². The molecule has 0 spiro atoms. The van der Waals surface area contributed by atoms with Gasteiger partial charge in [0.25, 0.3) is 5.56 Å². The minimum absolute atomic E-state index is 0.000389. The van der Waals surface area contributed by atoms with Gasteiger partial charge in [-0.25, -0.2) is 4.98 Å². The van der Waals surface area contributed by atoms with E-state index in [0.29, 0.717) is 16.8 Å². The zero-order valence-corrected chi connectivity index (χ0v) is 15.9. The van der Waals surface area contributed by atoms with Crippen LogP contribution in [0.5, 0.6) is 5.75 Å². The van der Waals surface area contributed by atoms with Gasteiger partial charge >= 0.3 is 0 Å². The van der Waals surface area contributed by atoms with E-state index in [1.54, 1.807) is 18.4 Å². The van der Waals surface area contributed by atoms with Gasteiger partial charge in [-0.15, -0.1) is 11.3 Å². The monoisotopic (exact) mass is 372 g/mol. The molecule has 3 aromatic rings. The fraction of sp³-hybridized carbons (Fsp3) is 0.368. The first kappa shape index (κ1) is 16.7. The molecule has 0 aliphatic heterocycles. The van der Waals surface area contributed by atoms with E-state index < -0.39 is 0 Å². The fourth-order valence-electron chi connectivity index (χ4n) is 3.37. The number of thiophene rings is 1. The molecule has 130 valence electrons. The zero-order valence-electron chi connectivity index (χ0n) is 14.3. The first-order valence-corrected chi connectivity index (χ1v) is 10.2. The van der Waals surface area contributed by atoms with Gasteiger partial charge in [-0.05, 0) is 36.8 Å². The Morgan fingerprint density at radius 3 is 3.08 bits per heavy atom. The van der Waals surface area contributed by atoms with Crippen LogP contribution in [0.4, 0.5) is 0 Å². The van der Waals surface area contributed by atoms with Crippen molar-refractivity contribution < 1.29 is 4.74 Å². The maximum atomic E-state index is 12.6. The Balaban J connectivity index is 1.64. The number of hydrogen-bond donors (Lipinski definition) is 1. The summed E-state index contributed by atoms with van der Waals surface area (Å²) in [7, 11) is 1.67. The lowest BCUT2D eigenvalue weighted by Gasteiger charge is -2.17. The van der Waals surface area contributed by atoms with Crippen molar-refractivity contribution in [1.82, 2.24) is 9.97 Å². The average Bonchev–Trinajstić information content (AvgIpc) is 2.97. The van der Waals surface area contributed by atoms with Crippen LogP contribution in [0.2, 0.25) is 0 Å². The molecule has 0 saturated carbocycles. The summed E-state index contributed by atoms with van der Waals surface area (Å²) in [4.78, 5) is 22.5. The molecule has 0 fully saturated rings. The molecular weight excluding hydrogens is 352 g/mol. The number of aromatic amines is 1. The van der Waals surface area contributed by atoms with Crippen LogP contribution in [0.3, 0.4) is 0 Å². The molecule has 1 atom stereocenters. The summed E-state index contributed by atoms with van der Waals surface area (Å²) in [6.45, 7) is 2.28. The summed E-state index contributed by atoms with van der Waals surface area (Å²) < 4.78 is 5.39. The van der Waals surface area contributed by atoms with Crippen LogP contribution in [0.25, 0.3) is 10.2 Å². The highest BCUT2D eigenvalue weighted by Crippen LogP contribution is 2.36. The molecule has 1 N–H and O–H groups in total. The van der Waals surface area contributed by atoms with Gasteiger partial charge in [0, 0.05) is 16.2 Å². The molecule has 0 bridgehead atoms. The quantitative estimate of drug-likeness (QED) is 0.544. The molecule has 2 heterocycles. The SMILES string of the molecule is COc1ccccc1CSc1nc2sc3c(c2c(=O)[nH]1)CC[C@H](C)C3. The molecule has 2 aromatic heterocycles. The van der Waals surface area contributed by atoms with Crippen molar-refractivity contribution in [3.8, 4) is 5.75 Å². The predicted molar refractivity (Wildman–Crippen MR) is 104 cm³/mol. The Morgan fingerprint density at radius 2 is 2.24 bits per heavy atom. The van der Waals surface area contributed by atoms with Gasteiger partial charge < -0.3 is 9.72 Å². The van der Waals surface area contributed by atoms with Crippen LogP contribution in [0.15, 0.2) is 34.2 Å². The van der Waals surface area contributed by atoms with E-state index in [0.717, 1.165) is 40.8 Å². The summed E-state index contributed by atoms with van der Waals surface area (Å²) in [6.07, 6.45) is 3.22. The number of aromatic nitrogens is 2. The third-order valence-electron chi connectivity index (χ3n) is 4.70. The number of fused-ring (bicyclic) bond motifs is 3. The number of H-pyrrole nitrogens is 1. The first-order valence-electron chi connectivity index (χ1n) is 8.45. The van der Waals surface area contributed by atoms with E-state index in [4.69, 9.17) is 9.72 Å². The highest BCUT2D eigenvalue weighted by Gasteiger charge is 2.23. The van der Waals surface area contributed by atoms with Gasteiger partial charge in [-0.1, -0.05) is 36.9 Å². The van der Waals surface area contributed by atoms with Gasteiger partial charge in [0.1, 0.15) is 10.6 Å². The number of thioether (sulfide) groups is 1. The normalized spacial score (nSPS) is 16.8. The fourth-order valence-corrected chi connectivity index (χ4v) is 5.66. The molecule has 1 aliphatic carbocycles. The maximum Gasteiger partial charge on any atom is 0.260 e. The van der Waals surface area contributed by atoms with Crippen molar-refractivity contribution in [1.29, 1.82) is 0 Å². The van der Waals surface area contributed by atoms with Crippen LogP contribution >= 0.6 is 23.1 Å². The van der Waals surface area contributed by atoms with E-state index in [1.165, 1.54) is 22.2 Å². The molecule has 0 unspecified atom stereocenters. The molecular formula is C19H20N2O2S2. The van der Waals surface area contributed by atoms with E-state index in [9.17, 15) is 4.79 Å². The number of nitrogens with zero attached hydrogens (tertiary/aromatic N) is 1. The second-order valence-electron chi connectivity index (χ2n) is 6.50. The molecule has 0 radical (unpaired) electrons. The Morgan fingerprint density at radius 1 is 1.40 bits per heavy atom. The van der Waals surface area contributed by atoms with Crippen molar-refractivity contribution in [2.75, 3.05) is 7.11 Å². The zero-order chi connectivity index (χ0) is 17.4. The molecule has 1 aromatic carbocycles. The van der Waals surface area contributed by atoms with Crippen molar-refractivity contribution in [2.24, 2.45) is 5.92 Å². The van der Waals surface area contributed by atoms with Crippen LogP contribution in [0.1, 0.15) is 29.3 Å². The number of hydrogen-bond acceptors (Lipinski definition) is 5. The predicted octanol–water partition coefficient (Wildman–Crippen LogP) is 4.41. The minimum Gasteiger partial charge on any atom is -0.496 e. The summed E-state index contributed by atoms with van der Waals surface area (Å²) in [5, 5.41) is 1.49. The number of nitrogens with one attached hydrogen (secondary N) is 1. The van der Waals surface area contributed by atoms with E-state index in [-0.39, 0.29) is 5.56 Å². The molecule has 25 heavy (non-hydrogen) atoms. The number of benzene rings is 1. The smallest absolute Gasteiger partial charge is 0.260 e. The summed E-state index contributed by atoms with van der Waals surface area (Å²) in [6, 6.07) is 7.93. The van der Waals surface area contributed by atoms with Crippen LogP contribution < -0.4 is 10.3 Å². The van der Waals surface area contributed by atoms with Crippen LogP contribution in [-0.4, -0.2) is 17.1 Å². The molecule has 0 saturated heterocycles. The second kappa shape index (κ2) is 6.84. The molecule has 4 nitrogen and oxygen atoms in total. The number of methoxy groups -OCH3 is 1. The maximum absolute atomic E-state index is 12.6. The number of rotatable bonds is 4. The van der Waals surface area contributed by atoms with Crippen molar-refractivity contribution in [2.45, 2.75) is 37.1 Å². The number of para-hydroxylation sites is 1. The molecule has 4 rings (SSSR count). The Kier molecular flexibility index (Phi) is 4.56. The van der Waals surface area contributed by atoms with Gasteiger partial charge in [0.05, 0.1) is 12.5 Å². The largest absolute Gasteiger partial charge is 0.496 e. The standard InChI is InChI=1S/C19H20N2O2S2/c1-11-7-8-13-15(9-11)25-18-16(13)17(22)20-19(21-18)24-10-12-5-3-4-6-14(12)23-2/h3-6,11H,7-10H2,1-2H3,(H,20,21,22)/t11-/m0/s1. The Hall–Kier alpha value is -1.79. The summed E-state index contributed by atoms with van der Waals surface area (Å²) in [5.41, 5.74) is 2.32. The Bertz CT molecular complexity index is 977. The summed E-state index contributed by atoms with van der Waals surface area (Å²) >= 11 is 3.23. The lowest BCUT2D eigenvalue weighted by molar-refractivity contribution is 0.411. The lowest BCUT2D eigenvalue weighted by atomic mass is 9.89. The lowest BCUT2D eigenvalue weighted by Crippen LogP contribution is -2.13. The first-order chi connectivity index (χ1) is 12.2. The van der Waals surface area contributed by atoms with Gasteiger partial charge in [0.15, 0.2) is 5.16 Å².